The van der Waals surface area contributed by atoms with E-state index in [4.69, 9.17) is 0 Å². The van der Waals surface area contributed by atoms with E-state index in [1.807, 2.05) is 0 Å². The Morgan fingerprint density at radius 2 is 1.83 bits per heavy atom. The van der Waals surface area contributed by atoms with Crippen molar-refractivity contribution in [1.82, 2.24) is 15.3 Å². The summed E-state index contributed by atoms with van der Waals surface area (Å²) in [7, 11) is 0. The number of carbonyl (C=O) groups excluding carboxylic acids is 1. The van der Waals surface area contributed by atoms with Crippen LogP contribution >= 0.6 is 0 Å². The maximum absolute atomic E-state index is 12.4. The third kappa shape index (κ3) is 4.25. The first-order chi connectivity index (χ1) is 11.8. The summed E-state index contributed by atoms with van der Waals surface area (Å²) in [6.45, 7) is 3.27. The van der Waals surface area contributed by atoms with Crippen LogP contribution in [0.5, 0.6) is 0 Å². The molecule has 2 heterocycles. The fraction of sp³-hybridized carbons (Fsp3) is 0.737. The molecule has 1 N–H and O–H groups in total. The third-order valence-corrected chi connectivity index (χ3v) is 5.45. The average molecular weight is 330 g/mol. The highest BCUT2D eigenvalue weighted by Gasteiger charge is 2.23. The van der Waals surface area contributed by atoms with Crippen molar-refractivity contribution in [2.24, 2.45) is 0 Å². The van der Waals surface area contributed by atoms with Crippen molar-refractivity contribution >= 4 is 11.7 Å². The van der Waals surface area contributed by atoms with Crippen LogP contribution in [0.2, 0.25) is 0 Å². The lowest BCUT2D eigenvalue weighted by Gasteiger charge is -2.35. The van der Waals surface area contributed by atoms with Gasteiger partial charge in [-0.15, -0.1) is 0 Å². The molecule has 0 aromatic carbocycles. The van der Waals surface area contributed by atoms with Gasteiger partial charge in [0.05, 0.1) is 12.4 Å². The van der Waals surface area contributed by atoms with Gasteiger partial charge in [0, 0.05) is 18.6 Å². The summed E-state index contributed by atoms with van der Waals surface area (Å²) in [5, 5.41) is 3.14. The van der Waals surface area contributed by atoms with Crippen LogP contribution in [0.3, 0.4) is 0 Å². The molecule has 0 radical (unpaired) electrons. The molecule has 0 bridgehead atoms. The second-order valence-electron chi connectivity index (χ2n) is 7.17. The van der Waals surface area contributed by atoms with Crippen molar-refractivity contribution in [3.8, 4) is 0 Å². The number of nitrogens with zero attached hydrogens (tertiary/aromatic N) is 3. The van der Waals surface area contributed by atoms with Gasteiger partial charge in [0.2, 0.25) is 0 Å². The summed E-state index contributed by atoms with van der Waals surface area (Å²) < 4.78 is 0. The van der Waals surface area contributed by atoms with Crippen molar-refractivity contribution < 1.29 is 4.79 Å². The van der Waals surface area contributed by atoms with Crippen LogP contribution in [0.15, 0.2) is 12.4 Å². The van der Waals surface area contributed by atoms with E-state index in [0.717, 1.165) is 31.6 Å². The van der Waals surface area contributed by atoms with E-state index < -0.39 is 0 Å². The fourth-order valence-corrected chi connectivity index (χ4v) is 4.00. The molecule has 1 aromatic rings. The lowest BCUT2D eigenvalue weighted by atomic mass is 10.0. The van der Waals surface area contributed by atoms with Crippen molar-refractivity contribution in [3.05, 3.63) is 18.1 Å². The quantitative estimate of drug-likeness (QED) is 0.855. The predicted octanol–water partition coefficient (Wildman–Crippen LogP) is 3.70. The van der Waals surface area contributed by atoms with Crippen molar-refractivity contribution in [1.29, 1.82) is 0 Å². The molecule has 0 spiro atoms. The Balaban J connectivity index is 1.61. The van der Waals surface area contributed by atoms with Gasteiger partial charge in [-0.1, -0.05) is 32.6 Å². The summed E-state index contributed by atoms with van der Waals surface area (Å²) >= 11 is 0. The first kappa shape index (κ1) is 17.2. The number of nitrogens with one attached hydrogen (secondary N) is 1. The molecule has 2 fully saturated rings. The number of rotatable bonds is 4. The predicted molar refractivity (Wildman–Crippen MR) is 96.3 cm³/mol. The summed E-state index contributed by atoms with van der Waals surface area (Å²) in [5.41, 5.74) is 0.438. The first-order valence-electron chi connectivity index (χ1n) is 9.67. The monoisotopic (exact) mass is 330 g/mol. The summed E-state index contributed by atoms with van der Waals surface area (Å²) in [6.07, 6.45) is 15.4. The van der Waals surface area contributed by atoms with Gasteiger partial charge in [-0.25, -0.2) is 9.97 Å². The Bertz CT molecular complexity index is 523. The molecule has 1 saturated heterocycles. The van der Waals surface area contributed by atoms with Crippen LogP contribution < -0.4 is 10.2 Å². The van der Waals surface area contributed by atoms with Crippen LogP contribution in [-0.4, -0.2) is 34.5 Å². The van der Waals surface area contributed by atoms with Gasteiger partial charge in [-0.3, -0.25) is 4.79 Å². The summed E-state index contributed by atoms with van der Waals surface area (Å²) in [6, 6.07) is 0.853. The second kappa shape index (κ2) is 8.45. The Kier molecular flexibility index (Phi) is 6.05. The van der Waals surface area contributed by atoms with Crippen molar-refractivity contribution in [3.63, 3.8) is 0 Å². The minimum Gasteiger partial charge on any atom is -0.352 e. The minimum absolute atomic E-state index is 0.0772. The van der Waals surface area contributed by atoms with E-state index in [2.05, 4.69) is 27.1 Å². The molecular formula is C19H30N4O. The van der Waals surface area contributed by atoms with Crippen LogP contribution in [0.1, 0.15) is 81.6 Å². The van der Waals surface area contributed by atoms with Gasteiger partial charge in [0.15, 0.2) is 0 Å². The first-order valence-corrected chi connectivity index (χ1v) is 9.67. The molecule has 2 aliphatic rings. The Hall–Kier alpha value is -1.65. The van der Waals surface area contributed by atoms with Gasteiger partial charge in [-0.2, -0.15) is 0 Å². The van der Waals surface area contributed by atoms with Crippen molar-refractivity contribution in [2.45, 2.75) is 83.2 Å². The molecular weight excluding hydrogens is 300 g/mol. The van der Waals surface area contributed by atoms with Gasteiger partial charge >= 0.3 is 0 Å². The van der Waals surface area contributed by atoms with Crippen LogP contribution in [0.25, 0.3) is 0 Å². The molecule has 132 valence electrons. The SMILES string of the molecule is CCC1CCCCN1c1cnc(C(=O)NC2CCCCCC2)cn1. The van der Waals surface area contributed by atoms with Gasteiger partial charge in [-0.05, 0) is 38.5 Å². The van der Waals surface area contributed by atoms with E-state index in [1.165, 1.54) is 44.9 Å². The topological polar surface area (TPSA) is 58.1 Å². The van der Waals surface area contributed by atoms with E-state index >= 15 is 0 Å². The van der Waals surface area contributed by atoms with E-state index in [0.29, 0.717) is 17.8 Å². The molecule has 1 aliphatic heterocycles. The molecule has 24 heavy (non-hydrogen) atoms. The lowest BCUT2D eigenvalue weighted by Crippen LogP contribution is -2.40. The second-order valence-corrected chi connectivity index (χ2v) is 7.17. The van der Waals surface area contributed by atoms with Gasteiger partial charge < -0.3 is 10.2 Å². The Morgan fingerprint density at radius 1 is 1.08 bits per heavy atom. The summed E-state index contributed by atoms with van der Waals surface area (Å²) in [4.78, 5) is 23.7. The molecule has 5 nitrogen and oxygen atoms in total. The van der Waals surface area contributed by atoms with Crippen LogP contribution in [-0.2, 0) is 0 Å². The minimum atomic E-state index is -0.0772. The number of hydrogen-bond acceptors (Lipinski definition) is 4. The molecule has 1 unspecified atom stereocenters. The number of piperidine rings is 1. The standard InChI is InChI=1S/C19H30N4O/c1-2-16-11-7-8-12-23(16)18-14-20-17(13-21-18)19(24)22-15-9-5-3-4-6-10-15/h13-16H,2-12H2,1H3,(H,22,24). The normalized spacial score (nSPS) is 22.9. The lowest BCUT2D eigenvalue weighted by molar-refractivity contribution is 0.0928. The van der Waals surface area contributed by atoms with Crippen LogP contribution in [0.4, 0.5) is 5.82 Å². The van der Waals surface area contributed by atoms with Crippen molar-refractivity contribution in [2.75, 3.05) is 11.4 Å². The van der Waals surface area contributed by atoms with E-state index in [-0.39, 0.29) is 5.91 Å². The Morgan fingerprint density at radius 3 is 2.50 bits per heavy atom. The highest BCUT2D eigenvalue weighted by molar-refractivity contribution is 5.92. The highest BCUT2D eigenvalue weighted by Crippen LogP contribution is 2.24. The maximum Gasteiger partial charge on any atom is 0.271 e. The third-order valence-electron chi connectivity index (χ3n) is 5.45. The van der Waals surface area contributed by atoms with Gasteiger partial charge in [0.1, 0.15) is 11.5 Å². The zero-order chi connectivity index (χ0) is 16.8. The fourth-order valence-electron chi connectivity index (χ4n) is 4.00. The maximum atomic E-state index is 12.4. The van der Waals surface area contributed by atoms with Gasteiger partial charge in [0.25, 0.3) is 5.91 Å². The number of aromatic nitrogens is 2. The molecule has 1 aromatic heterocycles. The number of carbonyl (C=O) groups is 1. The Labute approximate surface area is 145 Å². The molecule has 1 saturated carbocycles. The molecule has 1 aliphatic carbocycles. The molecule has 5 heteroatoms. The average Bonchev–Trinajstić information content (AvgIpc) is 2.90. The molecule has 1 amide bonds. The van der Waals surface area contributed by atoms with Crippen LogP contribution in [0, 0.1) is 0 Å². The zero-order valence-electron chi connectivity index (χ0n) is 14.8. The highest BCUT2D eigenvalue weighted by atomic mass is 16.1. The number of anilines is 1. The smallest absolute Gasteiger partial charge is 0.271 e. The largest absolute Gasteiger partial charge is 0.352 e. The summed E-state index contributed by atoms with van der Waals surface area (Å²) in [5.74, 6) is 0.833. The number of amides is 1. The number of hydrogen-bond donors (Lipinski definition) is 1. The zero-order valence-corrected chi connectivity index (χ0v) is 14.8. The molecule has 1 atom stereocenters. The molecule has 3 rings (SSSR count). The van der Waals surface area contributed by atoms with E-state index in [1.54, 1.807) is 12.4 Å². The van der Waals surface area contributed by atoms with E-state index in [9.17, 15) is 4.79 Å².